The lowest BCUT2D eigenvalue weighted by molar-refractivity contribution is 0.101. The number of Topliss-reactive ketones (excluding diaryl/α,β-unsaturated/α-hetero) is 1. The van der Waals surface area contributed by atoms with Gasteiger partial charge in [-0.05, 0) is 48.4 Å². The van der Waals surface area contributed by atoms with Crippen LogP contribution in [0.15, 0.2) is 77.7 Å². The summed E-state index contributed by atoms with van der Waals surface area (Å²) >= 11 is 0. The summed E-state index contributed by atoms with van der Waals surface area (Å²) in [6.45, 7) is 1.53. The third-order valence-corrected chi connectivity index (χ3v) is 3.57. The van der Waals surface area contributed by atoms with Crippen LogP contribution in [0.5, 0.6) is 0 Å². The van der Waals surface area contributed by atoms with Crippen molar-refractivity contribution in [3.8, 4) is 16.8 Å². The van der Waals surface area contributed by atoms with Gasteiger partial charge in [0.05, 0.1) is 0 Å². The zero-order chi connectivity index (χ0) is 15.5. The lowest BCUT2D eigenvalue weighted by atomic mass is 10.1. The molecule has 3 rings (SSSR count). The summed E-state index contributed by atoms with van der Waals surface area (Å²) in [5, 5.41) is 0. The Morgan fingerprint density at radius 1 is 0.818 bits per heavy atom. The lowest BCUT2D eigenvalue weighted by Gasteiger charge is -2.09. The molecule has 0 radical (unpaired) electrons. The smallest absolute Gasteiger partial charge is 0.255 e. The van der Waals surface area contributed by atoms with Crippen LogP contribution in [-0.4, -0.2) is 10.4 Å². The molecule has 0 spiro atoms. The van der Waals surface area contributed by atoms with Crippen molar-refractivity contribution in [2.24, 2.45) is 0 Å². The molecule has 1 heterocycles. The summed E-state index contributed by atoms with van der Waals surface area (Å²) in [4.78, 5) is 23.4. The van der Waals surface area contributed by atoms with E-state index < -0.39 is 0 Å². The number of carbonyl (C=O) groups is 1. The Kier molecular flexibility index (Phi) is 3.71. The Morgan fingerprint density at radius 3 is 2.14 bits per heavy atom. The van der Waals surface area contributed by atoms with Crippen LogP contribution in [0.3, 0.4) is 0 Å². The highest BCUT2D eigenvalue weighted by atomic mass is 16.1. The SMILES string of the molecule is CC(=O)c1ccc(-n2cc(-c3ccccc3)ccc2=O)cc1. The molecule has 0 saturated heterocycles. The lowest BCUT2D eigenvalue weighted by Crippen LogP contribution is -2.16. The predicted molar refractivity (Wildman–Crippen MR) is 87.5 cm³/mol. The molecule has 0 aliphatic carbocycles. The van der Waals surface area contributed by atoms with Gasteiger partial charge in [0.1, 0.15) is 0 Å². The highest BCUT2D eigenvalue weighted by Crippen LogP contribution is 2.18. The number of aromatic nitrogens is 1. The summed E-state index contributed by atoms with van der Waals surface area (Å²) in [5.41, 5.74) is 3.30. The fraction of sp³-hybridized carbons (Fsp3) is 0.0526. The Bertz CT molecular complexity index is 862. The molecule has 0 aliphatic rings. The maximum Gasteiger partial charge on any atom is 0.255 e. The van der Waals surface area contributed by atoms with Crippen LogP contribution in [-0.2, 0) is 0 Å². The fourth-order valence-corrected chi connectivity index (χ4v) is 2.35. The largest absolute Gasteiger partial charge is 0.295 e. The summed E-state index contributed by atoms with van der Waals surface area (Å²) in [6, 6.07) is 20.3. The van der Waals surface area contributed by atoms with E-state index in [9.17, 15) is 9.59 Å². The van der Waals surface area contributed by atoms with E-state index in [1.165, 1.54) is 6.92 Å². The standard InChI is InChI=1S/C19H15NO2/c1-14(21)15-7-10-18(11-8-15)20-13-17(9-12-19(20)22)16-5-3-2-4-6-16/h2-13H,1H3. The van der Waals surface area contributed by atoms with E-state index in [-0.39, 0.29) is 11.3 Å². The number of hydrogen-bond acceptors (Lipinski definition) is 2. The van der Waals surface area contributed by atoms with Gasteiger partial charge in [-0.15, -0.1) is 0 Å². The molecule has 22 heavy (non-hydrogen) atoms. The number of pyridine rings is 1. The highest BCUT2D eigenvalue weighted by Gasteiger charge is 2.04. The number of nitrogens with zero attached hydrogens (tertiary/aromatic N) is 1. The predicted octanol–water partition coefficient (Wildman–Crippen LogP) is 3.71. The molecule has 0 N–H and O–H groups in total. The highest BCUT2D eigenvalue weighted by molar-refractivity contribution is 5.94. The molecule has 2 aromatic carbocycles. The Labute approximate surface area is 128 Å². The first-order valence-corrected chi connectivity index (χ1v) is 7.05. The molecule has 0 amide bonds. The van der Waals surface area contributed by atoms with E-state index in [1.54, 1.807) is 34.9 Å². The van der Waals surface area contributed by atoms with E-state index in [4.69, 9.17) is 0 Å². The minimum Gasteiger partial charge on any atom is -0.295 e. The summed E-state index contributed by atoms with van der Waals surface area (Å²) in [5.74, 6) is 0.0110. The summed E-state index contributed by atoms with van der Waals surface area (Å²) < 4.78 is 1.59. The molecule has 0 atom stereocenters. The van der Waals surface area contributed by atoms with Crippen molar-refractivity contribution in [3.05, 3.63) is 88.8 Å². The molecular formula is C19H15NO2. The van der Waals surface area contributed by atoms with Crippen molar-refractivity contribution in [1.82, 2.24) is 4.57 Å². The third kappa shape index (κ3) is 2.74. The van der Waals surface area contributed by atoms with Crippen molar-refractivity contribution in [1.29, 1.82) is 0 Å². The van der Waals surface area contributed by atoms with Gasteiger partial charge in [-0.3, -0.25) is 14.2 Å². The molecule has 0 aliphatic heterocycles. The Morgan fingerprint density at radius 2 is 1.50 bits per heavy atom. The fourth-order valence-electron chi connectivity index (χ4n) is 2.35. The first-order valence-electron chi connectivity index (χ1n) is 7.05. The molecule has 0 saturated carbocycles. The van der Waals surface area contributed by atoms with Gasteiger partial charge in [0.15, 0.2) is 5.78 Å². The second kappa shape index (κ2) is 5.82. The van der Waals surface area contributed by atoms with Crippen molar-refractivity contribution >= 4 is 5.78 Å². The second-order valence-electron chi connectivity index (χ2n) is 5.10. The Hall–Kier alpha value is -2.94. The van der Waals surface area contributed by atoms with E-state index >= 15 is 0 Å². The second-order valence-corrected chi connectivity index (χ2v) is 5.10. The van der Waals surface area contributed by atoms with Gasteiger partial charge < -0.3 is 0 Å². The zero-order valence-electron chi connectivity index (χ0n) is 12.2. The van der Waals surface area contributed by atoms with Crippen LogP contribution in [0.1, 0.15) is 17.3 Å². The van der Waals surface area contributed by atoms with Gasteiger partial charge in [-0.2, -0.15) is 0 Å². The van der Waals surface area contributed by atoms with Crippen LogP contribution in [0, 0.1) is 0 Å². The first-order chi connectivity index (χ1) is 10.6. The number of ketones is 1. The van der Waals surface area contributed by atoms with Crippen molar-refractivity contribution < 1.29 is 4.79 Å². The number of hydrogen-bond donors (Lipinski definition) is 0. The minimum atomic E-state index is -0.102. The molecule has 3 nitrogen and oxygen atoms in total. The van der Waals surface area contributed by atoms with Gasteiger partial charge in [-0.1, -0.05) is 30.3 Å². The molecule has 3 aromatic rings. The average molecular weight is 289 g/mol. The quantitative estimate of drug-likeness (QED) is 0.689. The molecule has 0 fully saturated rings. The van der Waals surface area contributed by atoms with Gasteiger partial charge in [-0.25, -0.2) is 0 Å². The van der Waals surface area contributed by atoms with Gasteiger partial charge >= 0.3 is 0 Å². The molecular weight excluding hydrogens is 274 g/mol. The minimum absolute atomic E-state index is 0.0110. The normalized spacial score (nSPS) is 10.4. The van der Waals surface area contributed by atoms with Crippen LogP contribution in [0.2, 0.25) is 0 Å². The average Bonchev–Trinajstić information content (AvgIpc) is 2.56. The summed E-state index contributed by atoms with van der Waals surface area (Å²) in [7, 11) is 0. The molecule has 0 unspecified atom stereocenters. The van der Waals surface area contributed by atoms with Crippen LogP contribution >= 0.6 is 0 Å². The zero-order valence-corrected chi connectivity index (χ0v) is 12.2. The van der Waals surface area contributed by atoms with Gasteiger partial charge in [0, 0.05) is 23.5 Å². The molecule has 108 valence electrons. The van der Waals surface area contributed by atoms with Crippen LogP contribution in [0.25, 0.3) is 16.8 Å². The monoisotopic (exact) mass is 289 g/mol. The molecule has 3 heteroatoms. The van der Waals surface area contributed by atoms with Gasteiger partial charge in [0.25, 0.3) is 5.56 Å². The van der Waals surface area contributed by atoms with E-state index in [2.05, 4.69) is 0 Å². The number of rotatable bonds is 3. The maximum atomic E-state index is 12.1. The summed E-state index contributed by atoms with van der Waals surface area (Å²) in [6.07, 6.45) is 1.82. The molecule has 0 bridgehead atoms. The van der Waals surface area contributed by atoms with Crippen LogP contribution in [0.4, 0.5) is 0 Å². The van der Waals surface area contributed by atoms with E-state index in [1.807, 2.05) is 42.6 Å². The van der Waals surface area contributed by atoms with E-state index in [0.717, 1.165) is 16.8 Å². The third-order valence-electron chi connectivity index (χ3n) is 3.57. The van der Waals surface area contributed by atoms with Crippen molar-refractivity contribution in [3.63, 3.8) is 0 Å². The molecule has 1 aromatic heterocycles. The van der Waals surface area contributed by atoms with Crippen molar-refractivity contribution in [2.45, 2.75) is 6.92 Å². The Balaban J connectivity index is 2.07. The number of carbonyl (C=O) groups excluding carboxylic acids is 1. The number of benzene rings is 2. The first kappa shape index (κ1) is 14.0. The topological polar surface area (TPSA) is 39.1 Å². The van der Waals surface area contributed by atoms with Crippen molar-refractivity contribution in [2.75, 3.05) is 0 Å². The van der Waals surface area contributed by atoms with Gasteiger partial charge in [0.2, 0.25) is 0 Å². The van der Waals surface area contributed by atoms with E-state index in [0.29, 0.717) is 5.56 Å². The maximum absolute atomic E-state index is 12.1. The van der Waals surface area contributed by atoms with Crippen LogP contribution < -0.4 is 5.56 Å².